The van der Waals surface area contributed by atoms with Crippen molar-refractivity contribution >= 4 is 27.6 Å². The number of nitrogens with one attached hydrogen (secondary N) is 1. The molecule has 20 heavy (non-hydrogen) atoms. The van der Waals surface area contributed by atoms with Gasteiger partial charge in [0, 0.05) is 19.8 Å². The maximum Gasteiger partial charge on any atom is 0.337 e. The number of carboxylic acids is 1. The summed E-state index contributed by atoms with van der Waals surface area (Å²) in [5.41, 5.74) is -0.141. The molecule has 0 bridgehead atoms. The smallest absolute Gasteiger partial charge is 0.337 e. The fourth-order valence-corrected chi connectivity index (χ4v) is 3.15. The van der Waals surface area contributed by atoms with Crippen LogP contribution >= 0.6 is 11.6 Å². The van der Waals surface area contributed by atoms with Crippen LogP contribution in [-0.2, 0) is 14.8 Å². The van der Waals surface area contributed by atoms with Crippen LogP contribution in [0.25, 0.3) is 0 Å². The van der Waals surface area contributed by atoms with Crippen LogP contribution in [0.5, 0.6) is 0 Å². The van der Waals surface area contributed by atoms with Crippen molar-refractivity contribution in [3.63, 3.8) is 0 Å². The zero-order valence-corrected chi connectivity index (χ0v) is 12.7. The molecule has 0 saturated heterocycles. The molecule has 112 valence electrons. The van der Waals surface area contributed by atoms with Crippen molar-refractivity contribution in [2.45, 2.75) is 24.3 Å². The van der Waals surface area contributed by atoms with Gasteiger partial charge in [0.25, 0.3) is 0 Å². The molecule has 1 atom stereocenters. The highest BCUT2D eigenvalue weighted by Gasteiger charge is 2.19. The zero-order valence-electron chi connectivity index (χ0n) is 11.1. The summed E-state index contributed by atoms with van der Waals surface area (Å²) in [5.74, 6) is -1.21. The number of benzene rings is 1. The lowest BCUT2D eigenvalue weighted by molar-refractivity contribution is 0.0697. The maximum atomic E-state index is 12.1. The fourth-order valence-electron chi connectivity index (χ4n) is 1.52. The van der Waals surface area contributed by atoms with Gasteiger partial charge in [-0.1, -0.05) is 11.6 Å². The molecular weight excluding hydrogens is 306 g/mol. The van der Waals surface area contributed by atoms with Gasteiger partial charge in [-0.2, -0.15) is 0 Å². The van der Waals surface area contributed by atoms with E-state index in [1.165, 1.54) is 19.2 Å². The molecule has 1 rings (SSSR count). The predicted octanol–water partition coefficient (Wildman–Crippen LogP) is 1.74. The number of hydrogen-bond donors (Lipinski definition) is 2. The minimum absolute atomic E-state index is 0.0724. The quantitative estimate of drug-likeness (QED) is 0.798. The fraction of sp³-hybridized carbons (Fsp3) is 0.417. The molecule has 0 amide bonds. The van der Waals surface area contributed by atoms with E-state index in [0.717, 1.165) is 6.07 Å². The van der Waals surface area contributed by atoms with Crippen molar-refractivity contribution in [1.82, 2.24) is 4.72 Å². The van der Waals surface area contributed by atoms with E-state index in [1.54, 1.807) is 6.92 Å². The van der Waals surface area contributed by atoms with Crippen LogP contribution in [0.3, 0.4) is 0 Å². The summed E-state index contributed by atoms with van der Waals surface area (Å²) in [4.78, 5) is 10.7. The van der Waals surface area contributed by atoms with Gasteiger partial charge < -0.3 is 9.84 Å². The first-order valence-corrected chi connectivity index (χ1v) is 7.68. The third kappa shape index (κ3) is 4.45. The van der Waals surface area contributed by atoms with Crippen molar-refractivity contribution in [1.29, 1.82) is 0 Å². The first-order chi connectivity index (χ1) is 9.27. The first-order valence-electron chi connectivity index (χ1n) is 5.82. The molecular formula is C12H16ClNO5S. The van der Waals surface area contributed by atoms with Crippen molar-refractivity contribution in [3.05, 3.63) is 28.8 Å². The van der Waals surface area contributed by atoms with E-state index in [0.29, 0.717) is 13.0 Å². The van der Waals surface area contributed by atoms with Gasteiger partial charge in [-0.15, -0.1) is 0 Å². The van der Waals surface area contributed by atoms with Gasteiger partial charge in [0.05, 0.1) is 15.5 Å². The summed E-state index contributed by atoms with van der Waals surface area (Å²) in [7, 11) is -2.20. The highest BCUT2D eigenvalue weighted by Crippen LogP contribution is 2.21. The molecule has 1 aromatic carbocycles. The number of aromatic carboxylic acids is 1. The molecule has 6 nitrogen and oxygen atoms in total. The van der Waals surface area contributed by atoms with E-state index in [9.17, 15) is 13.2 Å². The number of methoxy groups -OCH3 is 1. The van der Waals surface area contributed by atoms with Crippen LogP contribution < -0.4 is 4.72 Å². The molecule has 0 aliphatic rings. The third-order valence-corrected chi connectivity index (χ3v) is 4.49. The van der Waals surface area contributed by atoms with E-state index in [-0.39, 0.29) is 21.5 Å². The van der Waals surface area contributed by atoms with E-state index < -0.39 is 16.0 Å². The number of halogens is 1. The Morgan fingerprint density at radius 3 is 2.65 bits per heavy atom. The normalized spacial score (nSPS) is 13.2. The SMILES string of the molecule is COCCC(C)NS(=O)(=O)c1ccc(C(=O)O)c(Cl)c1. The van der Waals surface area contributed by atoms with Crippen LogP contribution in [0.1, 0.15) is 23.7 Å². The standard InChI is InChI=1S/C12H16ClNO5S/c1-8(5-6-19-2)14-20(17,18)9-3-4-10(12(15)16)11(13)7-9/h3-4,7-8,14H,5-6H2,1-2H3,(H,15,16). The highest BCUT2D eigenvalue weighted by atomic mass is 35.5. The topological polar surface area (TPSA) is 92.7 Å². The van der Waals surface area contributed by atoms with Crippen molar-refractivity contribution in [2.75, 3.05) is 13.7 Å². The van der Waals surface area contributed by atoms with E-state index in [4.69, 9.17) is 21.4 Å². The molecule has 0 aromatic heterocycles. The first kappa shape index (κ1) is 16.9. The summed E-state index contributed by atoms with van der Waals surface area (Å²) < 4.78 is 31.5. The second-order valence-electron chi connectivity index (χ2n) is 4.25. The number of sulfonamides is 1. The number of carbonyl (C=O) groups is 1. The lowest BCUT2D eigenvalue weighted by Gasteiger charge is -2.14. The zero-order chi connectivity index (χ0) is 15.3. The monoisotopic (exact) mass is 321 g/mol. The Bertz CT molecular complexity index is 588. The van der Waals surface area contributed by atoms with Gasteiger partial charge >= 0.3 is 5.97 Å². The molecule has 0 saturated carbocycles. The Morgan fingerprint density at radius 2 is 2.15 bits per heavy atom. The van der Waals surface area contributed by atoms with Gasteiger partial charge in [0.2, 0.25) is 10.0 Å². The van der Waals surface area contributed by atoms with E-state index in [1.807, 2.05) is 0 Å². The highest BCUT2D eigenvalue weighted by molar-refractivity contribution is 7.89. The van der Waals surface area contributed by atoms with Crippen LogP contribution in [-0.4, -0.2) is 39.3 Å². The van der Waals surface area contributed by atoms with E-state index >= 15 is 0 Å². The van der Waals surface area contributed by atoms with Gasteiger partial charge in [-0.25, -0.2) is 17.9 Å². The number of hydrogen-bond acceptors (Lipinski definition) is 4. The Balaban J connectivity index is 2.93. The van der Waals surface area contributed by atoms with Crippen LogP contribution in [0.4, 0.5) is 0 Å². The summed E-state index contributed by atoms with van der Waals surface area (Å²) in [6, 6.07) is 3.19. The summed E-state index contributed by atoms with van der Waals surface area (Å²) in [6.07, 6.45) is 0.524. The molecule has 0 spiro atoms. The molecule has 0 radical (unpaired) electrons. The molecule has 0 aliphatic heterocycles. The second-order valence-corrected chi connectivity index (χ2v) is 6.37. The number of carboxylic acid groups (broad SMARTS) is 1. The largest absolute Gasteiger partial charge is 0.478 e. The minimum Gasteiger partial charge on any atom is -0.478 e. The summed E-state index contributed by atoms with van der Waals surface area (Å²) in [5, 5.41) is 8.72. The summed E-state index contributed by atoms with van der Waals surface area (Å²) in [6.45, 7) is 2.15. The lowest BCUT2D eigenvalue weighted by atomic mass is 10.2. The van der Waals surface area contributed by atoms with Gasteiger partial charge in [-0.05, 0) is 31.5 Å². The Morgan fingerprint density at radius 1 is 1.50 bits per heavy atom. The lowest BCUT2D eigenvalue weighted by Crippen LogP contribution is -2.33. The average molecular weight is 322 g/mol. The van der Waals surface area contributed by atoms with Gasteiger partial charge in [0.15, 0.2) is 0 Å². The summed E-state index contributed by atoms with van der Waals surface area (Å²) >= 11 is 5.76. The number of rotatable bonds is 7. The Kier molecular flexibility index (Phi) is 5.94. The van der Waals surface area contributed by atoms with Gasteiger partial charge in [-0.3, -0.25) is 0 Å². The van der Waals surface area contributed by atoms with Gasteiger partial charge in [0.1, 0.15) is 0 Å². The van der Waals surface area contributed by atoms with Crippen molar-refractivity contribution < 1.29 is 23.1 Å². The van der Waals surface area contributed by atoms with E-state index in [2.05, 4.69) is 4.72 Å². The molecule has 1 aromatic rings. The molecule has 0 fully saturated rings. The van der Waals surface area contributed by atoms with Crippen molar-refractivity contribution in [3.8, 4) is 0 Å². The average Bonchev–Trinajstić information content (AvgIpc) is 2.35. The third-order valence-electron chi connectivity index (χ3n) is 2.59. The second kappa shape index (κ2) is 7.03. The molecule has 2 N–H and O–H groups in total. The molecule has 0 aliphatic carbocycles. The maximum absolute atomic E-state index is 12.1. The van der Waals surface area contributed by atoms with Crippen molar-refractivity contribution in [2.24, 2.45) is 0 Å². The number of ether oxygens (including phenoxy) is 1. The molecule has 0 heterocycles. The van der Waals surface area contributed by atoms with Crippen LogP contribution in [0, 0.1) is 0 Å². The minimum atomic E-state index is -3.74. The van der Waals surface area contributed by atoms with Crippen LogP contribution in [0.15, 0.2) is 23.1 Å². The Hall–Kier alpha value is -1.15. The molecule has 8 heteroatoms. The Labute approximate surface area is 122 Å². The predicted molar refractivity (Wildman–Crippen MR) is 74.7 cm³/mol. The van der Waals surface area contributed by atoms with Crippen LogP contribution in [0.2, 0.25) is 5.02 Å². The molecule has 1 unspecified atom stereocenters.